The molecule has 0 aromatic rings. The van der Waals surface area contributed by atoms with Crippen molar-refractivity contribution in [1.29, 1.82) is 0 Å². The normalized spacial score (nSPS) is 9.00. The number of hydrogen-bond donors (Lipinski definition) is 2. The van der Waals surface area contributed by atoms with E-state index in [0.717, 1.165) is 6.42 Å². The third-order valence-electron chi connectivity index (χ3n) is 1.38. The molecule has 12 heavy (non-hydrogen) atoms. The van der Waals surface area contributed by atoms with E-state index < -0.39 is 0 Å². The third kappa shape index (κ3) is 7.10. The SMILES string of the molecule is C#CCCCNC(=O)CCCO. The Labute approximate surface area is 73.2 Å². The minimum Gasteiger partial charge on any atom is -0.396 e. The lowest BCUT2D eigenvalue weighted by Crippen LogP contribution is -2.24. The Balaban J connectivity index is 3.15. The molecule has 0 aromatic heterocycles. The van der Waals surface area contributed by atoms with Gasteiger partial charge in [0.25, 0.3) is 0 Å². The van der Waals surface area contributed by atoms with Crippen LogP contribution in [0.2, 0.25) is 0 Å². The first kappa shape index (κ1) is 11.0. The van der Waals surface area contributed by atoms with Crippen molar-refractivity contribution in [3.63, 3.8) is 0 Å². The summed E-state index contributed by atoms with van der Waals surface area (Å²) in [6, 6.07) is 0. The Morgan fingerprint density at radius 1 is 1.50 bits per heavy atom. The van der Waals surface area contributed by atoms with E-state index in [-0.39, 0.29) is 12.5 Å². The van der Waals surface area contributed by atoms with Crippen LogP contribution in [0.1, 0.15) is 25.7 Å². The third-order valence-corrected chi connectivity index (χ3v) is 1.38. The Morgan fingerprint density at radius 3 is 2.83 bits per heavy atom. The second kappa shape index (κ2) is 8.09. The highest BCUT2D eigenvalue weighted by Gasteiger charge is 1.97. The molecule has 0 saturated heterocycles. The lowest BCUT2D eigenvalue weighted by Gasteiger charge is -2.01. The largest absolute Gasteiger partial charge is 0.396 e. The molecule has 0 bridgehead atoms. The van der Waals surface area contributed by atoms with Gasteiger partial charge < -0.3 is 10.4 Å². The van der Waals surface area contributed by atoms with Gasteiger partial charge in [-0.05, 0) is 12.8 Å². The van der Waals surface area contributed by atoms with Crippen LogP contribution in [0.4, 0.5) is 0 Å². The van der Waals surface area contributed by atoms with Crippen molar-refractivity contribution in [2.45, 2.75) is 25.7 Å². The summed E-state index contributed by atoms with van der Waals surface area (Å²) in [5.41, 5.74) is 0. The highest BCUT2D eigenvalue weighted by Crippen LogP contribution is 1.88. The maximum Gasteiger partial charge on any atom is 0.220 e. The Hall–Kier alpha value is -1.01. The molecule has 0 aliphatic heterocycles. The molecule has 0 spiro atoms. The van der Waals surface area contributed by atoms with Gasteiger partial charge in [0.2, 0.25) is 5.91 Å². The summed E-state index contributed by atoms with van der Waals surface area (Å²) in [7, 11) is 0. The quantitative estimate of drug-likeness (QED) is 0.443. The van der Waals surface area contributed by atoms with Crippen molar-refractivity contribution in [1.82, 2.24) is 5.32 Å². The number of rotatable bonds is 6. The molecule has 0 aliphatic rings. The average molecular weight is 169 g/mol. The molecular weight excluding hydrogens is 154 g/mol. The molecule has 0 radical (unpaired) electrons. The number of carbonyl (C=O) groups is 1. The average Bonchev–Trinajstić information content (AvgIpc) is 2.09. The molecule has 1 amide bonds. The topological polar surface area (TPSA) is 49.3 Å². The zero-order valence-corrected chi connectivity index (χ0v) is 7.18. The van der Waals surface area contributed by atoms with Crippen LogP contribution in [-0.4, -0.2) is 24.2 Å². The number of aliphatic hydroxyl groups is 1. The van der Waals surface area contributed by atoms with Gasteiger partial charge in [0, 0.05) is 26.0 Å². The molecule has 0 heterocycles. The summed E-state index contributed by atoms with van der Waals surface area (Å²) in [4.78, 5) is 10.9. The monoisotopic (exact) mass is 169 g/mol. The second-order valence-corrected chi connectivity index (χ2v) is 2.48. The van der Waals surface area contributed by atoms with Crippen molar-refractivity contribution in [3.05, 3.63) is 0 Å². The van der Waals surface area contributed by atoms with Gasteiger partial charge in [-0.15, -0.1) is 12.3 Å². The standard InChI is InChI=1S/C9H15NO2/c1-2-3-4-7-10-9(12)6-5-8-11/h1,11H,3-8H2,(H,10,12). The fraction of sp³-hybridized carbons (Fsp3) is 0.667. The van der Waals surface area contributed by atoms with Crippen LogP contribution in [0.15, 0.2) is 0 Å². The van der Waals surface area contributed by atoms with Gasteiger partial charge in [-0.3, -0.25) is 4.79 Å². The van der Waals surface area contributed by atoms with Gasteiger partial charge in [0.05, 0.1) is 0 Å². The van der Waals surface area contributed by atoms with Crippen LogP contribution in [0, 0.1) is 12.3 Å². The highest BCUT2D eigenvalue weighted by molar-refractivity contribution is 5.75. The molecule has 0 atom stereocenters. The maximum atomic E-state index is 10.9. The van der Waals surface area contributed by atoms with Crippen molar-refractivity contribution in [3.8, 4) is 12.3 Å². The molecule has 0 fully saturated rings. The van der Waals surface area contributed by atoms with Gasteiger partial charge >= 0.3 is 0 Å². The van der Waals surface area contributed by atoms with Crippen LogP contribution in [-0.2, 0) is 4.79 Å². The number of amides is 1. The molecule has 3 heteroatoms. The van der Waals surface area contributed by atoms with E-state index >= 15 is 0 Å². The summed E-state index contributed by atoms with van der Waals surface area (Å²) in [5, 5.41) is 11.1. The molecule has 0 saturated carbocycles. The van der Waals surface area contributed by atoms with Crippen molar-refractivity contribution in [2.75, 3.05) is 13.2 Å². The molecule has 0 aromatic carbocycles. The fourth-order valence-electron chi connectivity index (χ4n) is 0.746. The predicted octanol–water partition coefficient (Wildman–Crippen LogP) is 0.288. The Morgan fingerprint density at radius 2 is 2.25 bits per heavy atom. The number of nitrogens with one attached hydrogen (secondary N) is 1. The van der Waals surface area contributed by atoms with Crippen molar-refractivity contribution < 1.29 is 9.90 Å². The molecular formula is C9H15NO2. The minimum atomic E-state index is -0.0129. The number of terminal acetylenes is 1. The first-order valence-electron chi connectivity index (χ1n) is 4.12. The zero-order valence-electron chi connectivity index (χ0n) is 7.18. The molecule has 3 nitrogen and oxygen atoms in total. The lowest BCUT2D eigenvalue weighted by molar-refractivity contribution is -0.121. The van der Waals surface area contributed by atoms with Crippen LogP contribution < -0.4 is 5.32 Å². The smallest absolute Gasteiger partial charge is 0.220 e. The summed E-state index contributed by atoms with van der Waals surface area (Å²) >= 11 is 0. The van der Waals surface area contributed by atoms with E-state index in [1.165, 1.54) is 0 Å². The minimum absolute atomic E-state index is 0.0129. The summed E-state index contributed by atoms with van der Waals surface area (Å²) < 4.78 is 0. The van der Waals surface area contributed by atoms with Gasteiger partial charge in [0.15, 0.2) is 0 Å². The predicted molar refractivity (Wildman–Crippen MR) is 47.4 cm³/mol. The number of aliphatic hydroxyl groups excluding tert-OH is 1. The van der Waals surface area contributed by atoms with Crippen molar-refractivity contribution in [2.24, 2.45) is 0 Å². The molecule has 68 valence electrons. The van der Waals surface area contributed by atoms with Crippen molar-refractivity contribution >= 4 is 5.91 Å². The van der Waals surface area contributed by atoms with E-state index in [1.807, 2.05) is 0 Å². The first-order chi connectivity index (χ1) is 5.81. The van der Waals surface area contributed by atoms with Crippen LogP contribution >= 0.6 is 0 Å². The van der Waals surface area contributed by atoms with Crippen LogP contribution in [0.25, 0.3) is 0 Å². The highest BCUT2D eigenvalue weighted by atomic mass is 16.3. The number of unbranched alkanes of at least 4 members (excludes halogenated alkanes) is 1. The number of hydrogen-bond acceptors (Lipinski definition) is 2. The van der Waals surface area contributed by atoms with Gasteiger partial charge in [-0.1, -0.05) is 0 Å². The summed E-state index contributed by atoms with van der Waals surface area (Å²) in [6.07, 6.45) is 7.47. The van der Waals surface area contributed by atoms with E-state index in [4.69, 9.17) is 11.5 Å². The van der Waals surface area contributed by atoms with Gasteiger partial charge in [-0.2, -0.15) is 0 Å². The second-order valence-electron chi connectivity index (χ2n) is 2.48. The molecule has 2 N–H and O–H groups in total. The maximum absolute atomic E-state index is 10.9. The van der Waals surface area contributed by atoms with Gasteiger partial charge in [0.1, 0.15) is 0 Å². The van der Waals surface area contributed by atoms with E-state index in [9.17, 15) is 4.79 Å². The van der Waals surface area contributed by atoms with Crippen LogP contribution in [0.5, 0.6) is 0 Å². The van der Waals surface area contributed by atoms with Crippen LogP contribution in [0.3, 0.4) is 0 Å². The first-order valence-corrected chi connectivity index (χ1v) is 4.12. The van der Waals surface area contributed by atoms with E-state index in [0.29, 0.717) is 25.8 Å². The summed E-state index contributed by atoms with van der Waals surface area (Å²) in [5.74, 6) is 2.48. The fourth-order valence-corrected chi connectivity index (χ4v) is 0.746. The Bertz CT molecular complexity index is 160. The van der Waals surface area contributed by atoms with E-state index in [2.05, 4.69) is 11.2 Å². The van der Waals surface area contributed by atoms with Gasteiger partial charge in [-0.25, -0.2) is 0 Å². The molecule has 0 aliphatic carbocycles. The summed E-state index contributed by atoms with van der Waals surface area (Å²) in [6.45, 7) is 0.701. The zero-order chi connectivity index (χ0) is 9.23. The van der Waals surface area contributed by atoms with E-state index in [1.54, 1.807) is 0 Å². The molecule has 0 unspecified atom stereocenters. The lowest BCUT2D eigenvalue weighted by atomic mass is 10.3. The number of carbonyl (C=O) groups excluding carboxylic acids is 1. The molecule has 0 rings (SSSR count). The Kier molecular flexibility index (Phi) is 7.41.